The number of benzene rings is 1. The summed E-state index contributed by atoms with van der Waals surface area (Å²) in [4.78, 5) is 0. The molecule has 0 aliphatic carbocycles. The Labute approximate surface area is 117 Å². The summed E-state index contributed by atoms with van der Waals surface area (Å²) in [5.41, 5.74) is 0. The van der Waals surface area contributed by atoms with E-state index in [1.54, 1.807) is 0 Å². The molecule has 0 spiro atoms. The third-order valence-corrected chi connectivity index (χ3v) is 3.74. The molecule has 0 saturated carbocycles. The number of nitrogens with one attached hydrogen (secondary N) is 1. The van der Waals surface area contributed by atoms with Crippen molar-refractivity contribution in [3.63, 3.8) is 0 Å². The molecule has 1 atom stereocenters. The Hall–Kier alpha value is -0.580. The molecule has 18 heavy (non-hydrogen) atoms. The van der Waals surface area contributed by atoms with Gasteiger partial charge in [-0.1, -0.05) is 12.1 Å². The monoisotopic (exact) mass is 313 g/mol. The summed E-state index contributed by atoms with van der Waals surface area (Å²) in [5.74, 6) is 0.902. The molecule has 0 radical (unpaired) electrons. The molecule has 0 aromatic heterocycles. The highest BCUT2D eigenvalue weighted by atomic mass is 79.9. The van der Waals surface area contributed by atoms with E-state index in [9.17, 15) is 0 Å². The van der Waals surface area contributed by atoms with Crippen LogP contribution in [0.1, 0.15) is 19.8 Å². The van der Waals surface area contributed by atoms with Crippen LogP contribution in [0.15, 0.2) is 28.7 Å². The Balaban J connectivity index is 1.74. The number of halogens is 1. The Bertz CT molecular complexity index is 367. The molecular formula is C14H20BrNO2. The maximum Gasteiger partial charge on any atom is 0.133 e. The average molecular weight is 314 g/mol. The predicted octanol–water partition coefficient (Wildman–Crippen LogP) is 2.99. The first-order chi connectivity index (χ1) is 8.75. The van der Waals surface area contributed by atoms with Crippen LogP contribution in [0.3, 0.4) is 0 Å². The standard InChI is InChI=1S/C14H20BrNO2/c1-11(10-16-12-6-8-17-9-7-12)18-14-5-3-2-4-13(14)15/h2-5,11-12,16H,6-10H2,1H3. The van der Waals surface area contributed by atoms with E-state index in [2.05, 4.69) is 28.2 Å². The highest BCUT2D eigenvalue weighted by Gasteiger charge is 2.14. The van der Waals surface area contributed by atoms with Crippen molar-refractivity contribution >= 4 is 15.9 Å². The van der Waals surface area contributed by atoms with Crippen molar-refractivity contribution < 1.29 is 9.47 Å². The van der Waals surface area contributed by atoms with Crippen LogP contribution in [0.4, 0.5) is 0 Å². The summed E-state index contributed by atoms with van der Waals surface area (Å²) in [5, 5.41) is 3.54. The number of rotatable bonds is 5. The van der Waals surface area contributed by atoms with E-state index in [0.717, 1.165) is 42.8 Å². The van der Waals surface area contributed by atoms with Crippen LogP contribution in [0, 0.1) is 0 Å². The first-order valence-corrected chi connectivity index (χ1v) is 7.27. The van der Waals surface area contributed by atoms with Gasteiger partial charge in [0.05, 0.1) is 4.47 Å². The molecule has 3 nitrogen and oxygen atoms in total. The second kappa shape index (κ2) is 7.12. The number of para-hydroxylation sites is 1. The Kier molecular flexibility index (Phi) is 5.47. The van der Waals surface area contributed by atoms with E-state index in [4.69, 9.17) is 9.47 Å². The molecule has 2 rings (SSSR count). The van der Waals surface area contributed by atoms with Crippen molar-refractivity contribution in [3.05, 3.63) is 28.7 Å². The molecule has 1 unspecified atom stereocenters. The molecular weight excluding hydrogens is 294 g/mol. The van der Waals surface area contributed by atoms with Gasteiger partial charge in [-0.15, -0.1) is 0 Å². The maximum atomic E-state index is 5.90. The Morgan fingerprint density at radius 3 is 2.83 bits per heavy atom. The van der Waals surface area contributed by atoms with Crippen molar-refractivity contribution in [2.75, 3.05) is 19.8 Å². The largest absolute Gasteiger partial charge is 0.488 e. The topological polar surface area (TPSA) is 30.5 Å². The normalized spacial score (nSPS) is 18.6. The summed E-state index contributed by atoms with van der Waals surface area (Å²) in [7, 11) is 0. The lowest BCUT2D eigenvalue weighted by molar-refractivity contribution is 0.0746. The Morgan fingerprint density at radius 2 is 2.11 bits per heavy atom. The first-order valence-electron chi connectivity index (χ1n) is 6.48. The second-order valence-electron chi connectivity index (χ2n) is 4.65. The zero-order valence-electron chi connectivity index (χ0n) is 10.7. The van der Waals surface area contributed by atoms with Gasteiger partial charge < -0.3 is 14.8 Å². The fourth-order valence-electron chi connectivity index (χ4n) is 2.03. The van der Waals surface area contributed by atoms with Gasteiger partial charge in [0.1, 0.15) is 11.9 Å². The van der Waals surface area contributed by atoms with Gasteiger partial charge in [0.25, 0.3) is 0 Å². The minimum absolute atomic E-state index is 0.159. The highest BCUT2D eigenvalue weighted by Crippen LogP contribution is 2.24. The third-order valence-electron chi connectivity index (χ3n) is 3.08. The van der Waals surface area contributed by atoms with Gasteiger partial charge in [0.2, 0.25) is 0 Å². The Morgan fingerprint density at radius 1 is 1.39 bits per heavy atom. The molecule has 4 heteroatoms. The molecule has 1 fully saturated rings. The lowest BCUT2D eigenvalue weighted by Gasteiger charge is -2.25. The van der Waals surface area contributed by atoms with E-state index in [1.165, 1.54) is 0 Å². The summed E-state index contributed by atoms with van der Waals surface area (Å²) in [6.07, 6.45) is 2.36. The number of hydrogen-bond acceptors (Lipinski definition) is 3. The summed E-state index contributed by atoms with van der Waals surface area (Å²) in [6, 6.07) is 8.52. The van der Waals surface area contributed by atoms with Crippen molar-refractivity contribution in [3.8, 4) is 5.75 Å². The van der Waals surface area contributed by atoms with E-state index in [-0.39, 0.29) is 6.10 Å². The van der Waals surface area contributed by atoms with Gasteiger partial charge in [-0.05, 0) is 47.8 Å². The van der Waals surface area contributed by atoms with Crippen LogP contribution in [0.5, 0.6) is 5.75 Å². The number of ether oxygens (including phenoxy) is 2. The fraction of sp³-hybridized carbons (Fsp3) is 0.571. The van der Waals surface area contributed by atoms with Gasteiger partial charge in [-0.25, -0.2) is 0 Å². The molecule has 1 aromatic rings. The van der Waals surface area contributed by atoms with Gasteiger partial charge in [0, 0.05) is 25.8 Å². The molecule has 100 valence electrons. The first kappa shape index (κ1) is 13.8. The fourth-order valence-corrected chi connectivity index (χ4v) is 2.41. The van der Waals surface area contributed by atoms with Gasteiger partial charge in [0.15, 0.2) is 0 Å². The SMILES string of the molecule is CC(CNC1CCOCC1)Oc1ccccc1Br. The van der Waals surface area contributed by atoms with Gasteiger partial charge in [-0.3, -0.25) is 0 Å². The van der Waals surface area contributed by atoms with Crippen LogP contribution >= 0.6 is 15.9 Å². The molecule has 1 N–H and O–H groups in total. The van der Waals surface area contributed by atoms with E-state index < -0.39 is 0 Å². The molecule has 1 heterocycles. The van der Waals surface area contributed by atoms with Crippen molar-refractivity contribution in [1.82, 2.24) is 5.32 Å². The van der Waals surface area contributed by atoms with E-state index in [0.29, 0.717) is 6.04 Å². The van der Waals surface area contributed by atoms with E-state index in [1.807, 2.05) is 24.3 Å². The predicted molar refractivity (Wildman–Crippen MR) is 76.1 cm³/mol. The molecule has 1 saturated heterocycles. The second-order valence-corrected chi connectivity index (χ2v) is 5.51. The van der Waals surface area contributed by atoms with Crippen LogP contribution in [-0.2, 0) is 4.74 Å². The lowest BCUT2D eigenvalue weighted by Crippen LogP contribution is -2.40. The van der Waals surface area contributed by atoms with Crippen molar-refractivity contribution in [2.24, 2.45) is 0 Å². The van der Waals surface area contributed by atoms with Gasteiger partial charge >= 0.3 is 0 Å². The zero-order valence-corrected chi connectivity index (χ0v) is 12.3. The average Bonchev–Trinajstić information content (AvgIpc) is 2.40. The van der Waals surface area contributed by atoms with Gasteiger partial charge in [-0.2, -0.15) is 0 Å². The molecule has 1 aliphatic heterocycles. The maximum absolute atomic E-state index is 5.90. The third kappa shape index (κ3) is 4.26. The smallest absolute Gasteiger partial charge is 0.133 e. The summed E-state index contributed by atoms with van der Waals surface area (Å²) < 4.78 is 12.2. The van der Waals surface area contributed by atoms with E-state index >= 15 is 0 Å². The van der Waals surface area contributed by atoms with Crippen LogP contribution < -0.4 is 10.1 Å². The molecule has 0 amide bonds. The lowest BCUT2D eigenvalue weighted by atomic mass is 10.1. The zero-order chi connectivity index (χ0) is 12.8. The summed E-state index contributed by atoms with van der Waals surface area (Å²) >= 11 is 3.49. The highest BCUT2D eigenvalue weighted by molar-refractivity contribution is 9.10. The molecule has 1 aromatic carbocycles. The van der Waals surface area contributed by atoms with Crippen LogP contribution in [0.2, 0.25) is 0 Å². The minimum Gasteiger partial charge on any atom is -0.488 e. The van der Waals surface area contributed by atoms with Crippen molar-refractivity contribution in [2.45, 2.75) is 31.9 Å². The quantitative estimate of drug-likeness (QED) is 0.906. The van der Waals surface area contributed by atoms with Crippen LogP contribution in [0.25, 0.3) is 0 Å². The minimum atomic E-state index is 0.159. The van der Waals surface area contributed by atoms with Crippen LogP contribution in [-0.4, -0.2) is 31.9 Å². The molecule has 0 bridgehead atoms. The summed E-state index contributed by atoms with van der Waals surface area (Å²) in [6.45, 7) is 4.70. The number of hydrogen-bond donors (Lipinski definition) is 1. The van der Waals surface area contributed by atoms with Crippen molar-refractivity contribution in [1.29, 1.82) is 0 Å². The molecule has 1 aliphatic rings.